The SMILES string of the molecule is COc1cccc(Sc2ccc(C(=O)O)c(C)c2[N+](=O)[O-])c1. The van der Waals surface area contributed by atoms with Gasteiger partial charge in [-0.2, -0.15) is 0 Å². The van der Waals surface area contributed by atoms with Gasteiger partial charge in [-0.05, 0) is 37.3 Å². The summed E-state index contributed by atoms with van der Waals surface area (Å²) in [6, 6.07) is 9.96. The number of rotatable bonds is 5. The Hall–Kier alpha value is -2.54. The molecule has 0 unspecified atom stereocenters. The number of hydrogen-bond donors (Lipinski definition) is 1. The largest absolute Gasteiger partial charge is 0.497 e. The highest BCUT2D eigenvalue weighted by Crippen LogP contribution is 2.38. The van der Waals surface area contributed by atoms with Crippen molar-refractivity contribution in [2.75, 3.05) is 7.11 Å². The fraction of sp³-hybridized carbons (Fsp3) is 0.133. The summed E-state index contributed by atoms with van der Waals surface area (Å²) in [6.45, 7) is 1.44. The number of nitrogens with zero attached hydrogens (tertiary/aromatic N) is 1. The minimum absolute atomic E-state index is 0.0679. The van der Waals surface area contributed by atoms with E-state index in [1.54, 1.807) is 24.3 Å². The number of carboxylic acid groups (broad SMARTS) is 1. The van der Waals surface area contributed by atoms with Crippen LogP contribution < -0.4 is 4.74 Å². The van der Waals surface area contributed by atoms with Crippen LogP contribution >= 0.6 is 11.8 Å². The van der Waals surface area contributed by atoms with Gasteiger partial charge in [0.2, 0.25) is 0 Å². The Bertz CT molecular complexity index is 745. The Kier molecular flexibility index (Phi) is 4.67. The van der Waals surface area contributed by atoms with E-state index in [1.807, 2.05) is 0 Å². The molecule has 0 saturated carbocycles. The van der Waals surface area contributed by atoms with Crippen LogP contribution in [-0.2, 0) is 0 Å². The molecule has 2 rings (SSSR count). The first-order chi connectivity index (χ1) is 10.4. The van der Waals surface area contributed by atoms with Crippen molar-refractivity contribution in [3.8, 4) is 5.75 Å². The molecule has 1 N–H and O–H groups in total. The average Bonchev–Trinajstić information content (AvgIpc) is 2.46. The summed E-state index contributed by atoms with van der Waals surface area (Å²) in [5.41, 5.74) is -0.111. The molecule has 0 aliphatic rings. The fourth-order valence-electron chi connectivity index (χ4n) is 2.01. The summed E-state index contributed by atoms with van der Waals surface area (Å²) in [5.74, 6) is -0.537. The number of aromatic carboxylic acids is 1. The van der Waals surface area contributed by atoms with Gasteiger partial charge in [-0.1, -0.05) is 17.8 Å². The average molecular weight is 319 g/mol. The molecule has 0 saturated heterocycles. The Labute approximate surface area is 130 Å². The molecule has 0 atom stereocenters. The molecular formula is C15H13NO5S. The van der Waals surface area contributed by atoms with Crippen LogP contribution in [-0.4, -0.2) is 23.1 Å². The maximum absolute atomic E-state index is 11.3. The summed E-state index contributed by atoms with van der Waals surface area (Å²) < 4.78 is 5.12. The lowest BCUT2D eigenvalue weighted by Gasteiger charge is -2.08. The van der Waals surface area contributed by atoms with Crippen LogP contribution in [0.25, 0.3) is 0 Å². The number of benzene rings is 2. The van der Waals surface area contributed by atoms with Gasteiger partial charge in [0.1, 0.15) is 5.75 Å². The fourth-order valence-corrected chi connectivity index (χ4v) is 3.04. The first-order valence-corrected chi connectivity index (χ1v) is 7.09. The maximum atomic E-state index is 11.3. The zero-order valence-corrected chi connectivity index (χ0v) is 12.7. The van der Waals surface area contributed by atoms with E-state index in [2.05, 4.69) is 0 Å². The van der Waals surface area contributed by atoms with Crippen molar-refractivity contribution < 1.29 is 19.6 Å². The van der Waals surface area contributed by atoms with E-state index in [-0.39, 0.29) is 16.8 Å². The Morgan fingerprint density at radius 3 is 2.64 bits per heavy atom. The third-order valence-corrected chi connectivity index (χ3v) is 4.11. The number of nitro groups is 1. The quantitative estimate of drug-likeness (QED) is 0.666. The molecule has 0 amide bonds. The van der Waals surface area contributed by atoms with Gasteiger partial charge in [0.25, 0.3) is 5.69 Å². The second-order valence-corrected chi connectivity index (χ2v) is 5.54. The van der Waals surface area contributed by atoms with Crippen molar-refractivity contribution in [3.05, 3.63) is 57.6 Å². The van der Waals surface area contributed by atoms with Gasteiger partial charge in [0.05, 0.1) is 22.5 Å². The predicted molar refractivity (Wildman–Crippen MR) is 81.9 cm³/mol. The summed E-state index contributed by atoms with van der Waals surface area (Å²) in [5, 5.41) is 20.4. The molecule has 2 aromatic rings. The van der Waals surface area contributed by atoms with E-state index in [9.17, 15) is 14.9 Å². The molecule has 7 heteroatoms. The first kappa shape index (κ1) is 15.8. The lowest BCUT2D eigenvalue weighted by Crippen LogP contribution is -2.04. The van der Waals surface area contributed by atoms with Crippen LogP contribution in [0.4, 0.5) is 5.69 Å². The predicted octanol–water partition coefficient (Wildman–Crippen LogP) is 3.76. The first-order valence-electron chi connectivity index (χ1n) is 6.27. The van der Waals surface area contributed by atoms with Crippen molar-refractivity contribution in [2.24, 2.45) is 0 Å². The van der Waals surface area contributed by atoms with E-state index in [0.717, 1.165) is 4.90 Å². The molecule has 0 aliphatic heterocycles. The molecule has 22 heavy (non-hydrogen) atoms. The number of ether oxygens (including phenoxy) is 1. The third kappa shape index (κ3) is 3.20. The normalized spacial score (nSPS) is 10.3. The van der Waals surface area contributed by atoms with Crippen molar-refractivity contribution in [1.82, 2.24) is 0 Å². The number of nitro benzene ring substituents is 1. The van der Waals surface area contributed by atoms with E-state index in [1.165, 1.54) is 37.9 Å². The topological polar surface area (TPSA) is 89.7 Å². The van der Waals surface area contributed by atoms with Crippen LogP contribution in [0.3, 0.4) is 0 Å². The minimum Gasteiger partial charge on any atom is -0.497 e. The Balaban J connectivity index is 2.48. The molecule has 0 aromatic heterocycles. The second kappa shape index (κ2) is 6.48. The molecule has 6 nitrogen and oxygen atoms in total. The standard InChI is InChI=1S/C15H13NO5S/c1-9-12(15(17)18)6-7-13(14(9)16(19)20)22-11-5-3-4-10(8-11)21-2/h3-8H,1-2H3,(H,17,18). The van der Waals surface area contributed by atoms with E-state index < -0.39 is 10.9 Å². The Morgan fingerprint density at radius 1 is 1.32 bits per heavy atom. The molecule has 114 valence electrons. The van der Waals surface area contributed by atoms with Gasteiger partial charge in [-0.15, -0.1) is 0 Å². The summed E-state index contributed by atoms with van der Waals surface area (Å²) >= 11 is 1.19. The van der Waals surface area contributed by atoms with Crippen LogP contribution in [0.5, 0.6) is 5.75 Å². The van der Waals surface area contributed by atoms with Gasteiger partial charge < -0.3 is 9.84 Å². The van der Waals surface area contributed by atoms with Crippen molar-refractivity contribution in [2.45, 2.75) is 16.7 Å². The van der Waals surface area contributed by atoms with Gasteiger partial charge in [0, 0.05) is 10.5 Å². The van der Waals surface area contributed by atoms with Gasteiger partial charge in [-0.25, -0.2) is 4.79 Å². The molecule has 0 radical (unpaired) electrons. The molecule has 0 aliphatic carbocycles. The molecule has 0 spiro atoms. The van der Waals surface area contributed by atoms with E-state index >= 15 is 0 Å². The third-order valence-electron chi connectivity index (χ3n) is 3.08. The highest BCUT2D eigenvalue weighted by atomic mass is 32.2. The van der Waals surface area contributed by atoms with Crippen LogP contribution in [0, 0.1) is 17.0 Å². The Morgan fingerprint density at radius 2 is 2.05 bits per heavy atom. The minimum atomic E-state index is -1.18. The highest BCUT2D eigenvalue weighted by molar-refractivity contribution is 7.99. The zero-order chi connectivity index (χ0) is 16.3. The van der Waals surface area contributed by atoms with Gasteiger partial charge in [-0.3, -0.25) is 10.1 Å². The molecule has 0 fully saturated rings. The maximum Gasteiger partial charge on any atom is 0.336 e. The molecule has 2 aromatic carbocycles. The van der Waals surface area contributed by atoms with Crippen LogP contribution in [0.15, 0.2) is 46.2 Å². The summed E-state index contributed by atoms with van der Waals surface area (Å²) in [4.78, 5) is 23.0. The van der Waals surface area contributed by atoms with E-state index in [0.29, 0.717) is 10.6 Å². The highest BCUT2D eigenvalue weighted by Gasteiger charge is 2.23. The van der Waals surface area contributed by atoms with Crippen molar-refractivity contribution in [1.29, 1.82) is 0 Å². The van der Waals surface area contributed by atoms with Crippen LogP contribution in [0.1, 0.15) is 15.9 Å². The van der Waals surface area contributed by atoms with Gasteiger partial charge in [0.15, 0.2) is 0 Å². The smallest absolute Gasteiger partial charge is 0.336 e. The van der Waals surface area contributed by atoms with Crippen molar-refractivity contribution >= 4 is 23.4 Å². The summed E-state index contributed by atoms with van der Waals surface area (Å²) in [6.07, 6.45) is 0. The number of carbonyl (C=O) groups is 1. The zero-order valence-electron chi connectivity index (χ0n) is 11.9. The monoisotopic (exact) mass is 319 g/mol. The lowest BCUT2D eigenvalue weighted by molar-refractivity contribution is -0.388. The lowest BCUT2D eigenvalue weighted by atomic mass is 10.1. The second-order valence-electron chi connectivity index (χ2n) is 4.43. The molecular weight excluding hydrogens is 306 g/mol. The summed E-state index contributed by atoms with van der Waals surface area (Å²) in [7, 11) is 1.54. The van der Waals surface area contributed by atoms with Gasteiger partial charge >= 0.3 is 5.97 Å². The number of hydrogen-bond acceptors (Lipinski definition) is 5. The number of carboxylic acids is 1. The molecule has 0 heterocycles. The van der Waals surface area contributed by atoms with Crippen LogP contribution in [0.2, 0.25) is 0 Å². The van der Waals surface area contributed by atoms with E-state index in [4.69, 9.17) is 9.84 Å². The number of methoxy groups -OCH3 is 1. The van der Waals surface area contributed by atoms with Crippen molar-refractivity contribution in [3.63, 3.8) is 0 Å². The molecule has 0 bridgehead atoms.